The number of benzene rings is 3. The fourth-order valence-corrected chi connectivity index (χ4v) is 3.64. The quantitative estimate of drug-likeness (QED) is 0.358. The lowest BCUT2D eigenvalue weighted by Gasteiger charge is -2.21. The van der Waals surface area contributed by atoms with Gasteiger partial charge in [0.25, 0.3) is 0 Å². The van der Waals surface area contributed by atoms with Crippen molar-refractivity contribution in [1.82, 2.24) is 15.2 Å². The summed E-state index contributed by atoms with van der Waals surface area (Å²) in [6.07, 6.45) is 1.61. The van der Waals surface area contributed by atoms with Crippen molar-refractivity contribution in [2.75, 3.05) is 4.90 Å². The van der Waals surface area contributed by atoms with E-state index in [-0.39, 0.29) is 0 Å². The van der Waals surface area contributed by atoms with Gasteiger partial charge in [0.1, 0.15) is 11.3 Å². The molecule has 9 heteroatoms. The molecular formula is C23H15ClFN5O2. The molecule has 2 aromatic heterocycles. The lowest BCUT2D eigenvalue weighted by molar-refractivity contribution is 0.256. The van der Waals surface area contributed by atoms with Crippen molar-refractivity contribution >= 4 is 40.1 Å². The molecule has 0 unspecified atom stereocenters. The van der Waals surface area contributed by atoms with Gasteiger partial charge in [0, 0.05) is 10.6 Å². The van der Waals surface area contributed by atoms with Crippen LogP contribution >= 0.6 is 11.6 Å². The van der Waals surface area contributed by atoms with Crippen molar-refractivity contribution in [2.45, 2.75) is 0 Å². The zero-order valence-electron chi connectivity index (χ0n) is 16.4. The van der Waals surface area contributed by atoms with Gasteiger partial charge in [-0.05, 0) is 54.6 Å². The van der Waals surface area contributed by atoms with Crippen LogP contribution in [0, 0.1) is 5.82 Å². The minimum Gasteiger partial charge on any atom is -0.436 e. The van der Waals surface area contributed by atoms with Crippen LogP contribution < -0.4 is 10.6 Å². The van der Waals surface area contributed by atoms with Crippen LogP contribution in [0.25, 0.3) is 33.8 Å². The van der Waals surface area contributed by atoms with Crippen LogP contribution in [-0.2, 0) is 0 Å². The van der Waals surface area contributed by atoms with E-state index in [9.17, 15) is 9.18 Å². The predicted octanol–water partition coefficient (Wildman–Crippen LogP) is 5.89. The molecule has 7 nitrogen and oxygen atoms in total. The van der Waals surface area contributed by atoms with Crippen LogP contribution in [0.15, 0.2) is 77.3 Å². The summed E-state index contributed by atoms with van der Waals surface area (Å²) in [7, 11) is 0. The van der Waals surface area contributed by atoms with Gasteiger partial charge in [0.05, 0.1) is 28.8 Å². The number of amides is 2. The molecule has 3 N–H and O–H groups in total. The van der Waals surface area contributed by atoms with Crippen LogP contribution in [0.2, 0.25) is 5.02 Å². The SMILES string of the molecule is NC(=O)N(c1ccc(F)cc1)c1cccc(-c2[nH]ncc2-c2nc3cc(Cl)ccc3o2)c1. The number of carbonyl (C=O) groups excluding carboxylic acids is 1. The third kappa shape index (κ3) is 3.57. The minimum atomic E-state index is -0.700. The molecule has 158 valence electrons. The van der Waals surface area contributed by atoms with Crippen molar-refractivity contribution in [3.05, 3.63) is 83.8 Å². The van der Waals surface area contributed by atoms with E-state index in [1.807, 2.05) is 6.07 Å². The number of nitrogens with one attached hydrogen (secondary N) is 1. The molecule has 0 aliphatic heterocycles. The Morgan fingerprint density at radius 3 is 2.66 bits per heavy atom. The summed E-state index contributed by atoms with van der Waals surface area (Å²) in [6, 6.07) is 17.1. The van der Waals surface area contributed by atoms with Gasteiger partial charge in [-0.2, -0.15) is 5.10 Å². The van der Waals surface area contributed by atoms with E-state index in [0.29, 0.717) is 44.6 Å². The van der Waals surface area contributed by atoms with Gasteiger partial charge in [-0.1, -0.05) is 23.7 Å². The average molecular weight is 448 g/mol. The van der Waals surface area contributed by atoms with Crippen molar-refractivity contribution in [3.63, 3.8) is 0 Å². The normalized spacial score (nSPS) is 11.1. The second kappa shape index (κ2) is 7.82. The number of aromatic nitrogens is 3. The fraction of sp³-hybridized carbons (Fsp3) is 0. The van der Waals surface area contributed by atoms with Gasteiger partial charge < -0.3 is 10.2 Å². The highest BCUT2D eigenvalue weighted by Gasteiger charge is 2.19. The van der Waals surface area contributed by atoms with Crippen molar-refractivity contribution in [1.29, 1.82) is 0 Å². The number of urea groups is 1. The molecule has 3 aromatic carbocycles. The minimum absolute atomic E-state index is 0.377. The summed E-state index contributed by atoms with van der Waals surface area (Å²) in [6.45, 7) is 0. The number of carbonyl (C=O) groups is 1. The summed E-state index contributed by atoms with van der Waals surface area (Å²) in [5.74, 6) is -0.0321. The summed E-state index contributed by atoms with van der Waals surface area (Å²) >= 11 is 6.05. The van der Waals surface area contributed by atoms with Crippen molar-refractivity contribution in [2.24, 2.45) is 5.73 Å². The van der Waals surface area contributed by atoms with E-state index in [4.69, 9.17) is 21.8 Å². The largest absolute Gasteiger partial charge is 0.436 e. The van der Waals surface area contributed by atoms with Gasteiger partial charge in [-0.15, -0.1) is 0 Å². The molecule has 5 rings (SSSR count). The number of rotatable bonds is 4. The second-order valence-electron chi connectivity index (χ2n) is 6.99. The zero-order valence-corrected chi connectivity index (χ0v) is 17.2. The molecule has 0 fully saturated rings. The highest BCUT2D eigenvalue weighted by Crippen LogP contribution is 2.35. The average Bonchev–Trinajstić information content (AvgIpc) is 3.42. The van der Waals surface area contributed by atoms with E-state index in [1.165, 1.54) is 29.2 Å². The Morgan fingerprint density at radius 1 is 1.06 bits per heavy atom. The Kier molecular flexibility index (Phi) is 4.84. The van der Waals surface area contributed by atoms with Gasteiger partial charge in [-0.25, -0.2) is 14.2 Å². The van der Waals surface area contributed by atoms with Crippen LogP contribution in [-0.4, -0.2) is 21.2 Å². The smallest absolute Gasteiger partial charge is 0.323 e. The first kappa shape index (κ1) is 19.8. The predicted molar refractivity (Wildman–Crippen MR) is 120 cm³/mol. The summed E-state index contributed by atoms with van der Waals surface area (Å²) in [5.41, 5.74) is 9.81. The van der Waals surface area contributed by atoms with Crippen molar-refractivity contribution < 1.29 is 13.6 Å². The Balaban J connectivity index is 1.57. The fourth-order valence-electron chi connectivity index (χ4n) is 3.48. The lowest BCUT2D eigenvalue weighted by Crippen LogP contribution is -2.31. The van der Waals surface area contributed by atoms with Crippen LogP contribution in [0.3, 0.4) is 0 Å². The Labute approximate surface area is 186 Å². The van der Waals surface area contributed by atoms with Gasteiger partial charge in [-0.3, -0.25) is 10.00 Å². The first-order valence-electron chi connectivity index (χ1n) is 9.55. The van der Waals surface area contributed by atoms with Crippen LogP contribution in [0.1, 0.15) is 0 Å². The number of H-pyrrole nitrogens is 1. The van der Waals surface area contributed by atoms with E-state index in [0.717, 1.165) is 5.56 Å². The molecule has 0 saturated carbocycles. The van der Waals surface area contributed by atoms with Crippen molar-refractivity contribution in [3.8, 4) is 22.7 Å². The molecule has 0 bridgehead atoms. The number of fused-ring (bicyclic) bond motifs is 1. The molecule has 0 saturated heterocycles. The van der Waals surface area contributed by atoms with E-state index >= 15 is 0 Å². The maximum atomic E-state index is 13.3. The highest BCUT2D eigenvalue weighted by molar-refractivity contribution is 6.31. The summed E-state index contributed by atoms with van der Waals surface area (Å²) in [4.78, 5) is 18.0. The van der Waals surface area contributed by atoms with E-state index in [1.54, 1.807) is 42.6 Å². The number of halogens is 2. The standard InChI is InChI=1S/C23H15ClFN5O2/c24-14-4-9-20-19(11-14)28-22(32-20)18-12-27-29-21(18)13-2-1-3-17(10-13)30(23(26)31)16-7-5-15(25)6-8-16/h1-12H,(H2,26,31)(H,27,29). The first-order valence-corrected chi connectivity index (χ1v) is 9.93. The van der Waals surface area contributed by atoms with Gasteiger partial charge >= 0.3 is 6.03 Å². The van der Waals surface area contributed by atoms with E-state index < -0.39 is 11.8 Å². The van der Waals surface area contributed by atoms with Gasteiger partial charge in [0.15, 0.2) is 5.58 Å². The summed E-state index contributed by atoms with van der Waals surface area (Å²) < 4.78 is 19.2. The first-order chi connectivity index (χ1) is 15.5. The van der Waals surface area contributed by atoms with Gasteiger partial charge in [0.2, 0.25) is 5.89 Å². The highest BCUT2D eigenvalue weighted by atomic mass is 35.5. The Bertz CT molecular complexity index is 1440. The summed E-state index contributed by atoms with van der Waals surface area (Å²) in [5, 5.41) is 7.66. The number of hydrogen-bond acceptors (Lipinski definition) is 4. The Morgan fingerprint density at radius 2 is 1.88 bits per heavy atom. The van der Waals surface area contributed by atoms with E-state index in [2.05, 4.69) is 15.2 Å². The molecule has 0 spiro atoms. The molecule has 0 radical (unpaired) electrons. The number of nitrogens with zero attached hydrogens (tertiary/aromatic N) is 3. The molecular weight excluding hydrogens is 433 g/mol. The number of oxazole rings is 1. The Hall–Kier alpha value is -4.17. The molecule has 0 atom stereocenters. The zero-order chi connectivity index (χ0) is 22.2. The second-order valence-corrected chi connectivity index (χ2v) is 7.43. The maximum Gasteiger partial charge on any atom is 0.323 e. The molecule has 2 amide bonds. The number of nitrogens with two attached hydrogens (primary N) is 1. The molecule has 2 heterocycles. The third-order valence-corrected chi connectivity index (χ3v) is 5.15. The molecule has 32 heavy (non-hydrogen) atoms. The number of aromatic amines is 1. The third-order valence-electron chi connectivity index (χ3n) is 4.92. The maximum absolute atomic E-state index is 13.3. The number of primary amides is 1. The van der Waals surface area contributed by atoms with Crippen LogP contribution in [0.5, 0.6) is 0 Å². The van der Waals surface area contributed by atoms with Crippen LogP contribution in [0.4, 0.5) is 20.6 Å². The lowest BCUT2D eigenvalue weighted by atomic mass is 10.1. The number of anilines is 2. The monoisotopic (exact) mass is 447 g/mol. The molecule has 0 aliphatic rings. The molecule has 5 aromatic rings. The topological polar surface area (TPSA) is 101 Å². The number of hydrogen-bond donors (Lipinski definition) is 2. The molecule has 0 aliphatic carbocycles.